The van der Waals surface area contributed by atoms with E-state index in [2.05, 4.69) is 71.6 Å². The molecule has 1 aliphatic rings. The molecule has 0 bridgehead atoms. The van der Waals surface area contributed by atoms with Gasteiger partial charge < -0.3 is 15.1 Å². The van der Waals surface area contributed by atoms with E-state index in [1.807, 2.05) is 10.9 Å². The average Bonchev–Trinajstić information content (AvgIpc) is 3.13. The SMILES string of the molecule is CCNC(=NCCn1cc(C)cn1)N(C)Cc1ccc(N2CCCCC2)cc1.I. The monoisotopic (exact) mass is 510 g/mol. The molecule has 0 aliphatic carbocycles. The van der Waals surface area contributed by atoms with Gasteiger partial charge in [-0.3, -0.25) is 9.67 Å². The molecule has 6 nitrogen and oxygen atoms in total. The van der Waals surface area contributed by atoms with Crippen LogP contribution in [0.5, 0.6) is 0 Å². The molecular weight excluding hydrogens is 475 g/mol. The highest BCUT2D eigenvalue weighted by molar-refractivity contribution is 14.0. The minimum Gasteiger partial charge on any atom is -0.372 e. The molecule has 7 heteroatoms. The van der Waals surface area contributed by atoms with Crippen LogP contribution in [0.4, 0.5) is 5.69 Å². The molecule has 0 radical (unpaired) electrons. The molecule has 0 atom stereocenters. The van der Waals surface area contributed by atoms with Crippen molar-refractivity contribution >= 4 is 35.6 Å². The summed E-state index contributed by atoms with van der Waals surface area (Å²) in [4.78, 5) is 9.46. The van der Waals surface area contributed by atoms with Crippen LogP contribution in [-0.4, -0.2) is 53.9 Å². The van der Waals surface area contributed by atoms with Crippen LogP contribution in [0.1, 0.15) is 37.3 Å². The molecule has 1 fully saturated rings. The van der Waals surface area contributed by atoms with Crippen molar-refractivity contribution in [2.45, 2.75) is 46.2 Å². The van der Waals surface area contributed by atoms with Crippen molar-refractivity contribution in [2.75, 3.05) is 38.1 Å². The number of guanidine groups is 1. The number of benzene rings is 1. The maximum atomic E-state index is 4.77. The highest BCUT2D eigenvalue weighted by atomic mass is 127. The standard InChI is InChI=1S/C22H34N6.HI/c1-4-23-22(24-12-15-28-17-19(2)16-25-28)26(3)18-20-8-10-21(11-9-20)27-13-6-5-7-14-27;/h8-11,16-17H,4-7,12-15,18H2,1-3H3,(H,23,24);1H. The lowest BCUT2D eigenvalue weighted by Gasteiger charge is -2.29. The zero-order valence-electron chi connectivity index (χ0n) is 18.0. The number of hydrogen-bond acceptors (Lipinski definition) is 3. The van der Waals surface area contributed by atoms with E-state index in [0.29, 0.717) is 6.54 Å². The van der Waals surface area contributed by atoms with E-state index < -0.39 is 0 Å². The number of nitrogens with zero attached hydrogens (tertiary/aromatic N) is 5. The number of aliphatic imine (C=N–C) groups is 1. The van der Waals surface area contributed by atoms with E-state index in [4.69, 9.17) is 4.99 Å². The Morgan fingerprint density at radius 3 is 2.52 bits per heavy atom. The van der Waals surface area contributed by atoms with Gasteiger partial charge in [0.2, 0.25) is 0 Å². The Bertz CT molecular complexity index is 749. The third-order valence-electron chi connectivity index (χ3n) is 5.13. The van der Waals surface area contributed by atoms with Crippen molar-refractivity contribution in [3.63, 3.8) is 0 Å². The summed E-state index contributed by atoms with van der Waals surface area (Å²) < 4.78 is 1.95. The fourth-order valence-electron chi connectivity index (χ4n) is 3.63. The summed E-state index contributed by atoms with van der Waals surface area (Å²) in [7, 11) is 2.10. The lowest BCUT2D eigenvalue weighted by atomic mass is 10.1. The van der Waals surface area contributed by atoms with Crippen molar-refractivity contribution < 1.29 is 0 Å². The summed E-state index contributed by atoms with van der Waals surface area (Å²) >= 11 is 0. The lowest BCUT2D eigenvalue weighted by molar-refractivity contribution is 0.474. The highest BCUT2D eigenvalue weighted by Crippen LogP contribution is 2.20. The molecule has 160 valence electrons. The first kappa shape index (κ1) is 23.5. The molecule has 0 saturated carbocycles. The van der Waals surface area contributed by atoms with Crippen molar-refractivity contribution in [2.24, 2.45) is 4.99 Å². The summed E-state index contributed by atoms with van der Waals surface area (Å²) in [6.45, 7) is 9.74. The minimum atomic E-state index is 0. The molecule has 2 heterocycles. The Balaban J connectivity index is 0.00000300. The normalized spacial score (nSPS) is 14.4. The fourth-order valence-corrected chi connectivity index (χ4v) is 3.63. The second kappa shape index (κ2) is 12.0. The number of hydrogen-bond donors (Lipinski definition) is 1. The van der Waals surface area contributed by atoms with E-state index in [1.165, 1.54) is 49.2 Å². The molecule has 29 heavy (non-hydrogen) atoms. The second-order valence-electron chi connectivity index (χ2n) is 7.59. The van der Waals surface area contributed by atoms with E-state index in [1.54, 1.807) is 0 Å². The molecule has 2 aromatic rings. The van der Waals surface area contributed by atoms with Gasteiger partial charge >= 0.3 is 0 Å². The van der Waals surface area contributed by atoms with E-state index in [9.17, 15) is 0 Å². The molecular formula is C22H35IN6. The fraction of sp³-hybridized carbons (Fsp3) is 0.545. The number of rotatable bonds is 7. The van der Waals surface area contributed by atoms with Crippen molar-refractivity contribution in [1.29, 1.82) is 0 Å². The van der Waals surface area contributed by atoms with Gasteiger partial charge in [0.05, 0.1) is 19.3 Å². The van der Waals surface area contributed by atoms with Gasteiger partial charge in [-0.2, -0.15) is 5.10 Å². The van der Waals surface area contributed by atoms with Gasteiger partial charge in [0.1, 0.15) is 0 Å². The molecule has 1 saturated heterocycles. The lowest BCUT2D eigenvalue weighted by Crippen LogP contribution is -2.38. The predicted molar refractivity (Wildman–Crippen MR) is 132 cm³/mol. The number of aromatic nitrogens is 2. The van der Waals surface area contributed by atoms with Crippen LogP contribution in [0.25, 0.3) is 0 Å². The first-order valence-corrected chi connectivity index (χ1v) is 10.5. The number of anilines is 1. The summed E-state index contributed by atoms with van der Waals surface area (Å²) in [6.07, 6.45) is 7.92. The van der Waals surface area contributed by atoms with Gasteiger partial charge in [0.15, 0.2) is 5.96 Å². The molecule has 1 aromatic heterocycles. The van der Waals surface area contributed by atoms with E-state index >= 15 is 0 Å². The highest BCUT2D eigenvalue weighted by Gasteiger charge is 2.11. The maximum absolute atomic E-state index is 4.77. The predicted octanol–water partition coefficient (Wildman–Crippen LogP) is 3.90. The zero-order valence-corrected chi connectivity index (χ0v) is 20.3. The topological polar surface area (TPSA) is 48.7 Å². The molecule has 1 aromatic carbocycles. The Hall–Kier alpha value is -1.77. The quantitative estimate of drug-likeness (QED) is 0.349. The molecule has 1 aliphatic heterocycles. The first-order chi connectivity index (χ1) is 13.7. The number of nitrogens with one attached hydrogen (secondary N) is 1. The van der Waals surface area contributed by atoms with Gasteiger partial charge in [-0.25, -0.2) is 0 Å². The molecule has 0 unspecified atom stereocenters. The molecule has 1 N–H and O–H groups in total. The van der Waals surface area contributed by atoms with Gasteiger partial charge in [0.25, 0.3) is 0 Å². The van der Waals surface area contributed by atoms with Crippen LogP contribution in [-0.2, 0) is 13.1 Å². The average molecular weight is 510 g/mol. The Labute approximate surface area is 192 Å². The second-order valence-corrected chi connectivity index (χ2v) is 7.59. The van der Waals surface area contributed by atoms with E-state index in [-0.39, 0.29) is 24.0 Å². The number of halogens is 1. The van der Waals surface area contributed by atoms with Crippen LogP contribution < -0.4 is 10.2 Å². The summed E-state index contributed by atoms with van der Waals surface area (Å²) in [5, 5.41) is 7.72. The third kappa shape index (κ3) is 7.21. The Morgan fingerprint density at radius 1 is 1.17 bits per heavy atom. The summed E-state index contributed by atoms with van der Waals surface area (Å²) in [5.41, 5.74) is 3.83. The largest absolute Gasteiger partial charge is 0.372 e. The molecule has 3 rings (SSSR count). The van der Waals surface area contributed by atoms with Crippen LogP contribution in [0, 0.1) is 6.92 Å². The van der Waals surface area contributed by atoms with Gasteiger partial charge in [0, 0.05) is 45.1 Å². The third-order valence-corrected chi connectivity index (χ3v) is 5.13. The van der Waals surface area contributed by atoms with Gasteiger partial charge in [-0.1, -0.05) is 12.1 Å². The van der Waals surface area contributed by atoms with Crippen LogP contribution >= 0.6 is 24.0 Å². The van der Waals surface area contributed by atoms with Crippen molar-refractivity contribution in [3.05, 3.63) is 47.8 Å². The molecule has 0 spiro atoms. The van der Waals surface area contributed by atoms with Crippen LogP contribution in [0.2, 0.25) is 0 Å². The van der Waals surface area contributed by atoms with Crippen LogP contribution in [0.3, 0.4) is 0 Å². The smallest absolute Gasteiger partial charge is 0.194 e. The van der Waals surface area contributed by atoms with Crippen LogP contribution in [0.15, 0.2) is 41.7 Å². The minimum absolute atomic E-state index is 0. The van der Waals surface area contributed by atoms with Crippen molar-refractivity contribution in [1.82, 2.24) is 20.0 Å². The Kier molecular flexibility index (Phi) is 9.76. The van der Waals surface area contributed by atoms with Gasteiger partial charge in [-0.15, -0.1) is 24.0 Å². The molecule has 0 amide bonds. The number of aryl methyl sites for hydroxylation is 1. The summed E-state index contributed by atoms with van der Waals surface area (Å²) in [6, 6.07) is 9.02. The Morgan fingerprint density at radius 2 is 1.90 bits per heavy atom. The zero-order chi connectivity index (χ0) is 19.8. The van der Waals surface area contributed by atoms with Gasteiger partial charge in [-0.05, 0) is 56.4 Å². The van der Waals surface area contributed by atoms with Crippen molar-refractivity contribution in [3.8, 4) is 0 Å². The summed E-state index contributed by atoms with van der Waals surface area (Å²) in [5.74, 6) is 0.937. The number of piperidine rings is 1. The maximum Gasteiger partial charge on any atom is 0.194 e. The first-order valence-electron chi connectivity index (χ1n) is 10.5. The van der Waals surface area contributed by atoms with E-state index in [0.717, 1.165) is 25.6 Å².